The highest BCUT2D eigenvalue weighted by molar-refractivity contribution is 7.15. The van der Waals surface area contributed by atoms with Crippen molar-refractivity contribution in [3.8, 4) is 0 Å². The van der Waals surface area contributed by atoms with E-state index in [4.69, 9.17) is 0 Å². The first-order chi connectivity index (χ1) is 12.1. The number of benzene rings is 1. The summed E-state index contributed by atoms with van der Waals surface area (Å²) in [6.45, 7) is 4.25. The third kappa shape index (κ3) is 3.90. The Morgan fingerprint density at radius 3 is 2.96 bits per heavy atom. The second-order valence-corrected chi connectivity index (χ2v) is 6.83. The van der Waals surface area contributed by atoms with Gasteiger partial charge in [-0.05, 0) is 25.0 Å². The number of rotatable bonds is 6. The molecule has 2 aromatic heterocycles. The van der Waals surface area contributed by atoms with Crippen molar-refractivity contribution in [2.24, 2.45) is 0 Å². The van der Waals surface area contributed by atoms with Gasteiger partial charge in [-0.15, -0.1) is 10.2 Å². The van der Waals surface area contributed by atoms with Crippen LogP contribution in [0.1, 0.15) is 30.3 Å². The molecule has 0 fully saturated rings. The highest BCUT2D eigenvalue weighted by Crippen LogP contribution is 2.16. The first kappa shape index (κ1) is 17.2. The van der Waals surface area contributed by atoms with Gasteiger partial charge in [-0.1, -0.05) is 30.4 Å². The van der Waals surface area contributed by atoms with Gasteiger partial charge in [0.1, 0.15) is 5.01 Å². The molecule has 2 heterocycles. The van der Waals surface area contributed by atoms with E-state index in [0.29, 0.717) is 16.0 Å². The third-order valence-corrected chi connectivity index (χ3v) is 4.71. The number of carbonyl (C=O) groups excluding carboxylic acids is 1. The normalized spacial score (nSPS) is 11.0. The predicted molar refractivity (Wildman–Crippen MR) is 97.9 cm³/mol. The minimum Gasteiger partial charge on any atom is -0.300 e. The Morgan fingerprint density at radius 2 is 2.16 bits per heavy atom. The molecule has 0 aliphatic carbocycles. The van der Waals surface area contributed by atoms with Gasteiger partial charge in [0.05, 0.1) is 17.2 Å². The Hall–Kier alpha value is -2.61. The number of amides is 1. The maximum atomic E-state index is 12.5. The molecular weight excluding hydrogens is 338 g/mol. The number of nitrogens with one attached hydrogen (secondary N) is 1. The zero-order valence-corrected chi connectivity index (χ0v) is 15.0. The lowest BCUT2D eigenvalue weighted by Gasteiger charge is -2.07. The number of anilines is 1. The number of aryl methyl sites for hydroxylation is 3. The molecule has 0 spiro atoms. The van der Waals surface area contributed by atoms with Gasteiger partial charge in [0.2, 0.25) is 11.0 Å². The highest BCUT2D eigenvalue weighted by Gasteiger charge is 2.10. The van der Waals surface area contributed by atoms with Crippen molar-refractivity contribution < 1.29 is 4.79 Å². The van der Waals surface area contributed by atoms with Gasteiger partial charge in [-0.2, -0.15) is 0 Å². The van der Waals surface area contributed by atoms with Gasteiger partial charge in [-0.3, -0.25) is 14.2 Å². The molecule has 0 aliphatic rings. The van der Waals surface area contributed by atoms with E-state index in [1.807, 2.05) is 19.1 Å². The largest absolute Gasteiger partial charge is 0.300 e. The fraction of sp³-hybridized carbons (Fsp3) is 0.353. The zero-order chi connectivity index (χ0) is 17.8. The summed E-state index contributed by atoms with van der Waals surface area (Å²) >= 11 is 1.38. The lowest BCUT2D eigenvalue weighted by Crippen LogP contribution is -2.23. The van der Waals surface area contributed by atoms with Crippen molar-refractivity contribution in [3.63, 3.8) is 0 Å². The van der Waals surface area contributed by atoms with Crippen LogP contribution in [0.5, 0.6) is 0 Å². The lowest BCUT2D eigenvalue weighted by atomic mass is 10.1. The molecule has 0 atom stereocenters. The van der Waals surface area contributed by atoms with Gasteiger partial charge < -0.3 is 5.32 Å². The van der Waals surface area contributed by atoms with Gasteiger partial charge in [-0.25, -0.2) is 4.98 Å². The first-order valence-corrected chi connectivity index (χ1v) is 8.97. The summed E-state index contributed by atoms with van der Waals surface area (Å²) in [5.41, 5.74) is 1.52. The van der Waals surface area contributed by atoms with E-state index in [1.165, 1.54) is 22.2 Å². The van der Waals surface area contributed by atoms with E-state index in [9.17, 15) is 9.59 Å². The molecule has 8 heteroatoms. The summed E-state index contributed by atoms with van der Waals surface area (Å²) in [5, 5.41) is 12.7. The van der Waals surface area contributed by atoms with Crippen molar-refractivity contribution in [2.75, 3.05) is 5.32 Å². The van der Waals surface area contributed by atoms with E-state index >= 15 is 0 Å². The standard InChI is InChI=1S/C17H19N5O2S/c1-3-5-14-20-21-17(25-14)19-13(23)8-9-22-10-18-15-11(2)6-4-7-12(15)16(22)24/h4,6-7,10H,3,5,8-9H2,1-2H3,(H,19,21,23). The summed E-state index contributed by atoms with van der Waals surface area (Å²) in [6.07, 6.45) is 3.50. The SMILES string of the molecule is CCCc1nnc(NC(=O)CCn2cnc3c(C)cccc3c2=O)s1. The number of para-hydroxylation sites is 1. The lowest BCUT2D eigenvalue weighted by molar-refractivity contribution is -0.116. The second kappa shape index (κ2) is 7.52. The molecule has 25 heavy (non-hydrogen) atoms. The van der Waals surface area contributed by atoms with Crippen LogP contribution in [0, 0.1) is 6.92 Å². The molecule has 0 saturated heterocycles. The molecule has 1 amide bonds. The average Bonchev–Trinajstić information content (AvgIpc) is 3.02. The molecule has 0 aliphatic heterocycles. The maximum Gasteiger partial charge on any atom is 0.261 e. The summed E-state index contributed by atoms with van der Waals surface area (Å²) in [4.78, 5) is 28.9. The summed E-state index contributed by atoms with van der Waals surface area (Å²) in [7, 11) is 0. The summed E-state index contributed by atoms with van der Waals surface area (Å²) in [6, 6.07) is 5.51. The fourth-order valence-electron chi connectivity index (χ4n) is 2.52. The zero-order valence-electron chi connectivity index (χ0n) is 14.2. The van der Waals surface area contributed by atoms with Crippen molar-refractivity contribution in [1.29, 1.82) is 0 Å². The predicted octanol–water partition coefficient (Wildman–Crippen LogP) is 2.54. The third-order valence-electron chi connectivity index (χ3n) is 3.81. The number of fused-ring (bicyclic) bond motifs is 1. The monoisotopic (exact) mass is 357 g/mol. The molecule has 1 aromatic carbocycles. The van der Waals surface area contributed by atoms with Crippen LogP contribution in [0.4, 0.5) is 5.13 Å². The van der Waals surface area contributed by atoms with Crippen LogP contribution < -0.4 is 10.9 Å². The molecule has 0 unspecified atom stereocenters. The molecule has 3 rings (SSSR count). The Labute approximate surface area is 148 Å². The van der Waals surface area contributed by atoms with E-state index < -0.39 is 0 Å². The van der Waals surface area contributed by atoms with Crippen LogP contribution in [0.2, 0.25) is 0 Å². The average molecular weight is 357 g/mol. The van der Waals surface area contributed by atoms with Crippen molar-refractivity contribution >= 4 is 33.3 Å². The summed E-state index contributed by atoms with van der Waals surface area (Å²) in [5.74, 6) is -0.199. The minimum atomic E-state index is -0.199. The topological polar surface area (TPSA) is 89.8 Å². The van der Waals surface area contributed by atoms with Gasteiger partial charge >= 0.3 is 0 Å². The maximum absolute atomic E-state index is 12.5. The van der Waals surface area contributed by atoms with Crippen molar-refractivity contribution in [3.05, 3.63) is 45.5 Å². The number of carbonyl (C=O) groups is 1. The quantitative estimate of drug-likeness (QED) is 0.732. The van der Waals surface area contributed by atoms with E-state index in [1.54, 1.807) is 6.07 Å². The fourth-order valence-corrected chi connectivity index (χ4v) is 3.38. The van der Waals surface area contributed by atoms with E-state index in [-0.39, 0.29) is 24.4 Å². The number of hydrogen-bond donors (Lipinski definition) is 1. The van der Waals surface area contributed by atoms with Crippen LogP contribution in [-0.2, 0) is 17.8 Å². The first-order valence-electron chi connectivity index (χ1n) is 8.15. The number of aromatic nitrogens is 4. The highest BCUT2D eigenvalue weighted by atomic mass is 32.1. The van der Waals surface area contributed by atoms with Gasteiger partial charge in [0, 0.05) is 19.4 Å². The molecule has 1 N–H and O–H groups in total. The van der Waals surface area contributed by atoms with E-state index in [0.717, 1.165) is 23.4 Å². The van der Waals surface area contributed by atoms with Crippen molar-refractivity contribution in [1.82, 2.24) is 19.7 Å². The summed E-state index contributed by atoms with van der Waals surface area (Å²) < 4.78 is 1.46. The van der Waals surface area contributed by atoms with Crippen LogP contribution in [0.25, 0.3) is 10.9 Å². The number of hydrogen-bond acceptors (Lipinski definition) is 6. The molecule has 0 saturated carbocycles. The van der Waals surface area contributed by atoms with Crippen LogP contribution in [0.3, 0.4) is 0 Å². The molecule has 0 radical (unpaired) electrons. The van der Waals surface area contributed by atoms with Gasteiger partial charge in [0.25, 0.3) is 5.56 Å². The van der Waals surface area contributed by atoms with Crippen LogP contribution in [-0.4, -0.2) is 25.7 Å². The van der Waals surface area contributed by atoms with Crippen molar-refractivity contribution in [2.45, 2.75) is 39.7 Å². The second-order valence-electron chi connectivity index (χ2n) is 5.76. The molecular formula is C17H19N5O2S. The van der Waals surface area contributed by atoms with Gasteiger partial charge in [0.15, 0.2) is 0 Å². The molecule has 0 bridgehead atoms. The molecule has 7 nitrogen and oxygen atoms in total. The minimum absolute atomic E-state index is 0.136. The Balaban J connectivity index is 1.66. The van der Waals surface area contributed by atoms with E-state index in [2.05, 4.69) is 27.4 Å². The number of nitrogens with zero attached hydrogens (tertiary/aromatic N) is 4. The van der Waals surface area contributed by atoms with Crippen LogP contribution in [0.15, 0.2) is 29.3 Å². The Bertz CT molecular complexity index is 963. The van der Waals surface area contributed by atoms with Crippen LogP contribution >= 0.6 is 11.3 Å². The molecule has 3 aromatic rings. The molecule has 130 valence electrons. The Kier molecular flexibility index (Phi) is 5.18. The smallest absolute Gasteiger partial charge is 0.261 e. The Morgan fingerprint density at radius 1 is 1.32 bits per heavy atom.